The Balaban J connectivity index is 1.86. The fraction of sp³-hybridized carbons (Fsp3) is 0.500. The Morgan fingerprint density at radius 1 is 1.12 bits per heavy atom. The normalized spacial score (nSPS) is 17.1. The van der Waals surface area contributed by atoms with E-state index in [4.69, 9.17) is 14.5 Å². The van der Waals surface area contributed by atoms with Crippen LogP contribution in [0.1, 0.15) is 38.3 Å². The lowest BCUT2D eigenvalue weighted by molar-refractivity contribution is 0.355. The highest BCUT2D eigenvalue weighted by molar-refractivity contribution is 5.62. The number of nitrogens with zero attached hydrogens (tertiary/aromatic N) is 3. The number of nitrogens with one attached hydrogen (secondary N) is 1. The molecule has 6 nitrogen and oxygen atoms in total. The minimum Gasteiger partial charge on any atom is -0.493 e. The van der Waals surface area contributed by atoms with Crippen molar-refractivity contribution in [2.45, 2.75) is 45.6 Å². The van der Waals surface area contributed by atoms with Gasteiger partial charge in [0.05, 0.1) is 14.2 Å². The molecule has 1 fully saturated rings. The molecule has 26 heavy (non-hydrogen) atoms. The third kappa shape index (κ3) is 4.00. The predicted octanol–water partition coefficient (Wildman–Crippen LogP) is 4.31. The summed E-state index contributed by atoms with van der Waals surface area (Å²) in [5, 5.41) is 3.37. The monoisotopic (exact) mass is 356 g/mol. The summed E-state index contributed by atoms with van der Waals surface area (Å²) >= 11 is 0. The predicted molar refractivity (Wildman–Crippen MR) is 105 cm³/mol. The van der Waals surface area contributed by atoms with Crippen molar-refractivity contribution in [3.63, 3.8) is 0 Å². The van der Waals surface area contributed by atoms with E-state index in [0.29, 0.717) is 17.5 Å². The topological polar surface area (TPSA) is 59.5 Å². The Morgan fingerprint density at radius 3 is 2.65 bits per heavy atom. The van der Waals surface area contributed by atoms with Crippen molar-refractivity contribution in [3.8, 4) is 11.5 Å². The first kappa shape index (κ1) is 18.3. The Hall–Kier alpha value is -2.50. The number of aromatic nitrogens is 2. The summed E-state index contributed by atoms with van der Waals surface area (Å²) in [6.45, 7) is 5.27. The summed E-state index contributed by atoms with van der Waals surface area (Å²) in [7, 11) is 3.27. The van der Waals surface area contributed by atoms with Crippen LogP contribution >= 0.6 is 0 Å². The van der Waals surface area contributed by atoms with Gasteiger partial charge in [0.25, 0.3) is 0 Å². The highest BCUT2D eigenvalue weighted by atomic mass is 16.5. The summed E-state index contributed by atoms with van der Waals surface area (Å²) in [5.74, 6) is 3.00. The van der Waals surface area contributed by atoms with E-state index in [0.717, 1.165) is 36.1 Å². The lowest BCUT2D eigenvalue weighted by Gasteiger charge is -2.35. The SMILES string of the molecule is CCC1CCCCN1c1nc(C)cc(Nc2ccc(OC)c(OC)c2)n1. The lowest BCUT2D eigenvalue weighted by Crippen LogP contribution is -2.40. The first-order valence-corrected chi connectivity index (χ1v) is 9.26. The van der Waals surface area contributed by atoms with Crippen LogP contribution in [0, 0.1) is 6.92 Å². The van der Waals surface area contributed by atoms with Gasteiger partial charge in [-0.05, 0) is 44.7 Å². The Bertz CT molecular complexity index is 751. The minimum absolute atomic E-state index is 0.527. The molecule has 140 valence electrons. The third-order valence-corrected chi connectivity index (χ3v) is 4.85. The molecule has 1 atom stereocenters. The van der Waals surface area contributed by atoms with Crippen LogP contribution in [-0.2, 0) is 0 Å². The summed E-state index contributed by atoms with van der Waals surface area (Å²) in [4.78, 5) is 11.8. The number of rotatable bonds is 6. The first-order valence-electron chi connectivity index (χ1n) is 9.26. The van der Waals surface area contributed by atoms with Crippen LogP contribution < -0.4 is 19.7 Å². The molecule has 0 radical (unpaired) electrons. The molecule has 0 aliphatic carbocycles. The number of hydrogen-bond donors (Lipinski definition) is 1. The maximum Gasteiger partial charge on any atom is 0.227 e. The number of hydrogen-bond acceptors (Lipinski definition) is 6. The average Bonchev–Trinajstić information content (AvgIpc) is 2.67. The molecule has 2 heterocycles. The number of piperidine rings is 1. The second-order valence-electron chi connectivity index (χ2n) is 6.64. The summed E-state index contributed by atoms with van der Waals surface area (Å²) in [5.41, 5.74) is 1.86. The zero-order chi connectivity index (χ0) is 18.5. The van der Waals surface area contributed by atoms with Gasteiger partial charge in [0, 0.05) is 36.1 Å². The Labute approximate surface area is 155 Å². The molecule has 1 unspecified atom stereocenters. The van der Waals surface area contributed by atoms with Crippen LogP contribution in [0.2, 0.25) is 0 Å². The van der Waals surface area contributed by atoms with Crippen LogP contribution in [-0.4, -0.2) is 36.8 Å². The van der Waals surface area contributed by atoms with Gasteiger partial charge in [-0.15, -0.1) is 0 Å². The number of ether oxygens (including phenoxy) is 2. The van der Waals surface area contributed by atoms with Gasteiger partial charge in [-0.3, -0.25) is 0 Å². The van der Waals surface area contributed by atoms with Gasteiger partial charge in [0.15, 0.2) is 11.5 Å². The molecule has 0 saturated carbocycles. The Kier molecular flexibility index (Phi) is 5.81. The van der Waals surface area contributed by atoms with Gasteiger partial charge in [0.1, 0.15) is 5.82 Å². The van der Waals surface area contributed by atoms with E-state index in [1.165, 1.54) is 19.3 Å². The molecule has 0 amide bonds. The van der Waals surface area contributed by atoms with Crippen LogP contribution in [0.4, 0.5) is 17.5 Å². The minimum atomic E-state index is 0.527. The van der Waals surface area contributed by atoms with Crippen LogP contribution in [0.3, 0.4) is 0 Å². The van der Waals surface area contributed by atoms with Crippen molar-refractivity contribution in [2.75, 3.05) is 31.0 Å². The highest BCUT2D eigenvalue weighted by Gasteiger charge is 2.23. The summed E-state index contributed by atoms with van der Waals surface area (Å²) in [6.07, 6.45) is 4.83. The summed E-state index contributed by atoms with van der Waals surface area (Å²) in [6, 6.07) is 8.23. The van der Waals surface area contributed by atoms with E-state index in [9.17, 15) is 0 Å². The molecule has 3 rings (SSSR count). The highest BCUT2D eigenvalue weighted by Crippen LogP contribution is 2.31. The molecule has 1 N–H and O–H groups in total. The standard InChI is InChI=1S/C20H28N4O2/c1-5-16-8-6-7-11-24(16)20-21-14(2)12-19(23-20)22-15-9-10-17(25-3)18(13-15)26-4/h9-10,12-13,16H,5-8,11H2,1-4H3,(H,21,22,23). The van der Waals surface area contributed by atoms with Gasteiger partial charge >= 0.3 is 0 Å². The lowest BCUT2D eigenvalue weighted by atomic mass is 10.0. The fourth-order valence-electron chi connectivity index (χ4n) is 3.50. The van der Waals surface area contributed by atoms with E-state index < -0.39 is 0 Å². The van der Waals surface area contributed by atoms with E-state index in [1.807, 2.05) is 31.2 Å². The van der Waals surface area contributed by atoms with Gasteiger partial charge in [-0.25, -0.2) is 4.98 Å². The van der Waals surface area contributed by atoms with E-state index in [-0.39, 0.29) is 0 Å². The zero-order valence-electron chi connectivity index (χ0n) is 16.1. The molecule has 1 aliphatic rings. The molecule has 6 heteroatoms. The third-order valence-electron chi connectivity index (χ3n) is 4.85. The number of methoxy groups -OCH3 is 2. The average molecular weight is 356 g/mol. The van der Waals surface area contributed by atoms with E-state index >= 15 is 0 Å². The first-order chi connectivity index (χ1) is 12.6. The number of anilines is 3. The van der Waals surface area contributed by atoms with E-state index in [1.54, 1.807) is 14.2 Å². The van der Waals surface area contributed by atoms with Crippen molar-refractivity contribution >= 4 is 17.5 Å². The summed E-state index contributed by atoms with van der Waals surface area (Å²) < 4.78 is 10.7. The quantitative estimate of drug-likeness (QED) is 0.832. The van der Waals surface area contributed by atoms with Crippen molar-refractivity contribution in [1.29, 1.82) is 0 Å². The zero-order valence-corrected chi connectivity index (χ0v) is 16.1. The fourth-order valence-corrected chi connectivity index (χ4v) is 3.50. The second-order valence-corrected chi connectivity index (χ2v) is 6.64. The van der Waals surface area contributed by atoms with Gasteiger partial charge in [0.2, 0.25) is 5.95 Å². The van der Waals surface area contributed by atoms with Crippen molar-refractivity contribution in [3.05, 3.63) is 30.0 Å². The molecule has 0 spiro atoms. The number of aryl methyl sites for hydroxylation is 1. The molecule has 0 bridgehead atoms. The maximum atomic E-state index is 5.38. The molecule has 2 aromatic rings. The van der Waals surface area contributed by atoms with Gasteiger partial charge in [-0.2, -0.15) is 4.98 Å². The molecule has 1 aromatic heterocycles. The van der Waals surface area contributed by atoms with Crippen molar-refractivity contribution in [1.82, 2.24) is 9.97 Å². The smallest absolute Gasteiger partial charge is 0.227 e. The molecular weight excluding hydrogens is 328 g/mol. The van der Waals surface area contributed by atoms with Crippen LogP contribution in [0.5, 0.6) is 11.5 Å². The van der Waals surface area contributed by atoms with Gasteiger partial charge < -0.3 is 19.7 Å². The van der Waals surface area contributed by atoms with Crippen LogP contribution in [0.25, 0.3) is 0 Å². The maximum absolute atomic E-state index is 5.38. The van der Waals surface area contributed by atoms with Gasteiger partial charge in [-0.1, -0.05) is 6.92 Å². The van der Waals surface area contributed by atoms with E-state index in [2.05, 4.69) is 22.1 Å². The molecule has 1 aromatic carbocycles. The molecule has 1 aliphatic heterocycles. The van der Waals surface area contributed by atoms with Crippen LogP contribution in [0.15, 0.2) is 24.3 Å². The Morgan fingerprint density at radius 2 is 1.92 bits per heavy atom. The van der Waals surface area contributed by atoms with Crippen molar-refractivity contribution < 1.29 is 9.47 Å². The van der Waals surface area contributed by atoms with Crippen molar-refractivity contribution in [2.24, 2.45) is 0 Å². The number of benzene rings is 1. The molecule has 1 saturated heterocycles. The molecular formula is C20H28N4O2. The second kappa shape index (κ2) is 8.25. The largest absolute Gasteiger partial charge is 0.493 e.